The second-order valence-electron chi connectivity index (χ2n) is 4.79. The normalized spacial score (nSPS) is 16.7. The molecule has 1 unspecified atom stereocenters. The quantitative estimate of drug-likeness (QED) is 0.799. The molecule has 0 radical (unpaired) electrons. The maximum absolute atomic E-state index is 10.9. The van der Waals surface area contributed by atoms with Crippen LogP contribution in [0.25, 0.3) is 0 Å². The van der Waals surface area contributed by atoms with E-state index in [9.17, 15) is 4.79 Å². The first-order valence-electron chi connectivity index (χ1n) is 6.67. The summed E-state index contributed by atoms with van der Waals surface area (Å²) in [6.07, 6.45) is 5.20. The van der Waals surface area contributed by atoms with E-state index in [-0.39, 0.29) is 0 Å². The number of piperidine rings is 1. The number of anilines is 2. The summed E-state index contributed by atoms with van der Waals surface area (Å²) in [7, 11) is 0. The third-order valence-electron chi connectivity index (χ3n) is 3.41. The Labute approximate surface area is 113 Å². The molecule has 1 heterocycles. The Morgan fingerprint density at radius 3 is 2.42 bits per heavy atom. The van der Waals surface area contributed by atoms with Crippen LogP contribution in [-0.2, 0) is 4.79 Å². The first kappa shape index (κ1) is 13.5. The fourth-order valence-electron chi connectivity index (χ4n) is 2.32. The van der Waals surface area contributed by atoms with E-state index in [1.54, 1.807) is 0 Å². The van der Waals surface area contributed by atoms with Crippen LogP contribution in [0, 0.1) is 0 Å². The second-order valence-corrected chi connectivity index (χ2v) is 4.79. The summed E-state index contributed by atoms with van der Waals surface area (Å²) in [5, 5.41) is 11.9. The average molecular weight is 260 g/mol. The number of nitrogens with zero attached hydrogens (tertiary/aromatic N) is 1. The van der Waals surface area contributed by atoms with Gasteiger partial charge in [-0.05, 0) is 43.5 Å². The number of carbonyl (C=O) groups is 1. The minimum absolute atomic E-state index is 0.749. The van der Waals surface area contributed by atoms with Crippen molar-refractivity contribution in [2.45, 2.75) is 25.3 Å². The summed E-state index contributed by atoms with van der Waals surface area (Å²) in [6, 6.07) is 7.17. The van der Waals surface area contributed by atoms with Gasteiger partial charge < -0.3 is 15.3 Å². The molecule has 1 aliphatic rings. The Bertz CT molecular complexity index is 436. The summed E-state index contributed by atoms with van der Waals surface area (Å²) >= 11 is 0. The van der Waals surface area contributed by atoms with Gasteiger partial charge in [0.15, 0.2) is 0 Å². The molecule has 4 nitrogen and oxygen atoms in total. The van der Waals surface area contributed by atoms with Crippen LogP contribution in [0.5, 0.6) is 0 Å². The van der Waals surface area contributed by atoms with Gasteiger partial charge in [0.2, 0.25) is 0 Å². The van der Waals surface area contributed by atoms with E-state index in [1.165, 1.54) is 31.0 Å². The SMILES string of the molecule is C=CC(Nc1ccc(N2CCCCC2)cc1)C(=O)O. The number of aliphatic carboxylic acids is 1. The summed E-state index contributed by atoms with van der Waals surface area (Å²) in [4.78, 5) is 13.3. The van der Waals surface area contributed by atoms with Crippen LogP contribution in [0.2, 0.25) is 0 Å². The second kappa shape index (κ2) is 6.27. The molecule has 1 aromatic rings. The third kappa shape index (κ3) is 3.50. The lowest BCUT2D eigenvalue weighted by Gasteiger charge is -2.29. The number of nitrogens with one attached hydrogen (secondary N) is 1. The van der Waals surface area contributed by atoms with Crippen LogP contribution in [0.1, 0.15) is 19.3 Å². The van der Waals surface area contributed by atoms with Crippen LogP contribution in [0.3, 0.4) is 0 Å². The molecule has 1 atom stereocenters. The van der Waals surface area contributed by atoms with Gasteiger partial charge in [-0.25, -0.2) is 4.79 Å². The van der Waals surface area contributed by atoms with Gasteiger partial charge >= 0.3 is 5.97 Å². The van der Waals surface area contributed by atoms with E-state index in [4.69, 9.17) is 5.11 Å². The number of carboxylic acids is 1. The molecule has 19 heavy (non-hydrogen) atoms. The average Bonchev–Trinajstić information content (AvgIpc) is 2.46. The predicted molar refractivity (Wildman–Crippen MR) is 77.7 cm³/mol. The lowest BCUT2D eigenvalue weighted by Crippen LogP contribution is -2.29. The Hall–Kier alpha value is -1.97. The Morgan fingerprint density at radius 1 is 1.26 bits per heavy atom. The van der Waals surface area contributed by atoms with Gasteiger partial charge in [0.1, 0.15) is 6.04 Å². The third-order valence-corrected chi connectivity index (χ3v) is 3.41. The molecule has 2 rings (SSSR count). The van der Waals surface area contributed by atoms with Gasteiger partial charge in [-0.3, -0.25) is 0 Å². The molecule has 1 aliphatic heterocycles. The van der Waals surface area contributed by atoms with Crippen LogP contribution < -0.4 is 10.2 Å². The molecule has 0 spiro atoms. The molecule has 1 fully saturated rings. The van der Waals surface area contributed by atoms with E-state index in [0.717, 1.165) is 18.8 Å². The maximum Gasteiger partial charge on any atom is 0.330 e. The van der Waals surface area contributed by atoms with Gasteiger partial charge in [0, 0.05) is 24.5 Å². The molecule has 1 saturated heterocycles. The largest absolute Gasteiger partial charge is 0.479 e. The fraction of sp³-hybridized carbons (Fsp3) is 0.400. The van der Waals surface area contributed by atoms with E-state index in [2.05, 4.69) is 16.8 Å². The highest BCUT2D eigenvalue weighted by Gasteiger charge is 2.13. The smallest absolute Gasteiger partial charge is 0.330 e. The first-order chi connectivity index (χ1) is 9.20. The molecular weight excluding hydrogens is 240 g/mol. The van der Waals surface area contributed by atoms with E-state index in [1.807, 2.05) is 24.3 Å². The minimum atomic E-state index is -0.921. The molecule has 0 saturated carbocycles. The van der Waals surface area contributed by atoms with Crippen LogP contribution in [0.4, 0.5) is 11.4 Å². The zero-order chi connectivity index (χ0) is 13.7. The number of hydrogen-bond acceptors (Lipinski definition) is 3. The van der Waals surface area contributed by atoms with Gasteiger partial charge in [-0.1, -0.05) is 6.08 Å². The molecule has 0 bridgehead atoms. The van der Waals surface area contributed by atoms with Crippen molar-refractivity contribution in [2.75, 3.05) is 23.3 Å². The Kier molecular flexibility index (Phi) is 4.44. The molecule has 0 amide bonds. The molecule has 2 N–H and O–H groups in total. The minimum Gasteiger partial charge on any atom is -0.479 e. The standard InChI is InChI=1S/C15H20N2O2/c1-2-14(15(18)19)16-12-6-8-13(9-7-12)17-10-4-3-5-11-17/h2,6-9,14,16H,1,3-5,10-11H2,(H,18,19). The molecule has 102 valence electrons. The first-order valence-corrected chi connectivity index (χ1v) is 6.67. The van der Waals surface area contributed by atoms with Crippen molar-refractivity contribution < 1.29 is 9.90 Å². The number of rotatable bonds is 5. The fourth-order valence-corrected chi connectivity index (χ4v) is 2.32. The van der Waals surface area contributed by atoms with Crippen LogP contribution >= 0.6 is 0 Å². The van der Waals surface area contributed by atoms with Crippen molar-refractivity contribution in [1.82, 2.24) is 0 Å². The molecule has 4 heteroatoms. The van der Waals surface area contributed by atoms with Crippen molar-refractivity contribution in [2.24, 2.45) is 0 Å². The van der Waals surface area contributed by atoms with Crippen molar-refractivity contribution >= 4 is 17.3 Å². The Morgan fingerprint density at radius 2 is 1.89 bits per heavy atom. The molecule has 1 aromatic carbocycles. The van der Waals surface area contributed by atoms with Crippen molar-refractivity contribution in [3.8, 4) is 0 Å². The molecular formula is C15H20N2O2. The topological polar surface area (TPSA) is 52.6 Å². The van der Waals surface area contributed by atoms with Crippen molar-refractivity contribution in [3.63, 3.8) is 0 Å². The van der Waals surface area contributed by atoms with Gasteiger partial charge in [-0.2, -0.15) is 0 Å². The lowest BCUT2D eigenvalue weighted by atomic mass is 10.1. The Balaban J connectivity index is 2.01. The van der Waals surface area contributed by atoms with Crippen molar-refractivity contribution in [3.05, 3.63) is 36.9 Å². The maximum atomic E-state index is 10.9. The monoisotopic (exact) mass is 260 g/mol. The number of hydrogen-bond donors (Lipinski definition) is 2. The van der Waals surface area contributed by atoms with E-state index >= 15 is 0 Å². The highest BCUT2D eigenvalue weighted by atomic mass is 16.4. The van der Waals surface area contributed by atoms with Crippen LogP contribution in [-0.4, -0.2) is 30.2 Å². The summed E-state index contributed by atoms with van der Waals surface area (Å²) < 4.78 is 0. The number of carboxylic acid groups (broad SMARTS) is 1. The zero-order valence-electron chi connectivity index (χ0n) is 11.0. The highest BCUT2D eigenvalue weighted by Crippen LogP contribution is 2.22. The van der Waals surface area contributed by atoms with Gasteiger partial charge in [-0.15, -0.1) is 6.58 Å². The van der Waals surface area contributed by atoms with E-state index in [0.29, 0.717) is 0 Å². The summed E-state index contributed by atoms with van der Waals surface area (Å²) in [6.45, 7) is 5.73. The van der Waals surface area contributed by atoms with E-state index < -0.39 is 12.0 Å². The zero-order valence-corrected chi connectivity index (χ0v) is 11.0. The highest BCUT2D eigenvalue weighted by molar-refractivity contribution is 5.79. The van der Waals surface area contributed by atoms with Gasteiger partial charge in [0.25, 0.3) is 0 Å². The van der Waals surface area contributed by atoms with Crippen LogP contribution in [0.15, 0.2) is 36.9 Å². The predicted octanol–water partition coefficient (Wildman–Crippen LogP) is 2.73. The summed E-state index contributed by atoms with van der Waals surface area (Å²) in [5.41, 5.74) is 2.00. The molecule has 0 aliphatic carbocycles. The van der Waals surface area contributed by atoms with Gasteiger partial charge in [0.05, 0.1) is 0 Å². The lowest BCUT2D eigenvalue weighted by molar-refractivity contribution is -0.136. The number of benzene rings is 1. The summed E-state index contributed by atoms with van der Waals surface area (Å²) in [5.74, 6) is -0.921. The van der Waals surface area contributed by atoms with Crippen molar-refractivity contribution in [1.29, 1.82) is 0 Å². The molecule has 0 aromatic heterocycles.